The molecule has 0 saturated heterocycles. The summed E-state index contributed by atoms with van der Waals surface area (Å²) in [5, 5.41) is 0. The molecule has 7 heavy (non-hydrogen) atoms. The molecule has 0 saturated carbocycles. The van der Waals surface area contributed by atoms with Gasteiger partial charge in [0.2, 0.25) is 0 Å². The van der Waals surface area contributed by atoms with Gasteiger partial charge in [0.05, 0.1) is 0 Å². The molecule has 0 rings (SSSR count). The number of hydrogen-bond acceptors (Lipinski definition) is 1. The van der Waals surface area contributed by atoms with E-state index in [4.69, 9.17) is 19.2 Å². The van der Waals surface area contributed by atoms with E-state index in [9.17, 15) is 0 Å². The summed E-state index contributed by atoms with van der Waals surface area (Å²) in [4.78, 5) is 21.6. The van der Waals surface area contributed by atoms with E-state index >= 15 is 0 Å². The van der Waals surface area contributed by atoms with Crippen LogP contribution in [-0.2, 0) is 21.9 Å². The van der Waals surface area contributed by atoms with Gasteiger partial charge in [0.25, 0.3) is 0 Å². The van der Waals surface area contributed by atoms with Crippen LogP contribution in [-0.4, -0.2) is 14.7 Å². The molecule has 0 aliphatic rings. The van der Waals surface area contributed by atoms with E-state index in [1.807, 2.05) is 0 Å². The fourth-order valence-corrected chi connectivity index (χ4v) is 0. The summed E-state index contributed by atoms with van der Waals surface area (Å²) in [7, 11) is -4.64. The number of hydrogen-bond donors (Lipinski definition) is 3. The largest absolute Gasteiger partial charge is 1.00 e. The van der Waals surface area contributed by atoms with Crippen LogP contribution in [0.2, 0.25) is 0 Å². The second kappa shape index (κ2) is 5.77. The standard InChI is InChI=1S/Cr.Na.H3O4P.H/c;;1-5(2,3)4;/h;;(H3,1,2,3,4);/q;+1;;-1. The van der Waals surface area contributed by atoms with Gasteiger partial charge in [-0.25, -0.2) is 4.57 Å². The second-order valence-corrected chi connectivity index (χ2v) is 1.54. The van der Waals surface area contributed by atoms with Crippen molar-refractivity contribution >= 4 is 7.82 Å². The minimum Gasteiger partial charge on any atom is -1.00 e. The fraction of sp³-hybridized carbons (Fsp3) is 0. The zero-order valence-electron chi connectivity index (χ0n) is 4.61. The van der Waals surface area contributed by atoms with Crippen LogP contribution in [0.15, 0.2) is 0 Å². The SMILES string of the molecule is O=P(O)(O)O.[Cr].[H-].[Na+]. The van der Waals surface area contributed by atoms with Gasteiger partial charge in [-0.15, -0.1) is 0 Å². The average molecular weight is 174 g/mol. The maximum Gasteiger partial charge on any atom is 1.00 e. The Bertz CT molecular complexity index is 62.2. The molecule has 3 N–H and O–H groups in total. The molecule has 0 aromatic carbocycles. The topological polar surface area (TPSA) is 77.8 Å². The summed E-state index contributed by atoms with van der Waals surface area (Å²) in [6.45, 7) is 0. The van der Waals surface area contributed by atoms with Gasteiger partial charge in [-0.3, -0.25) is 0 Å². The van der Waals surface area contributed by atoms with Crippen LogP contribution in [0.25, 0.3) is 0 Å². The van der Waals surface area contributed by atoms with Crippen LogP contribution < -0.4 is 29.6 Å². The fourth-order valence-electron chi connectivity index (χ4n) is 0. The molecule has 0 aromatic heterocycles. The van der Waals surface area contributed by atoms with Gasteiger partial charge < -0.3 is 16.1 Å². The maximum absolute atomic E-state index is 8.88. The zero-order valence-corrected chi connectivity index (χ0v) is 7.77. The third kappa shape index (κ3) is 90.2. The number of rotatable bonds is 0. The van der Waals surface area contributed by atoms with E-state index in [-0.39, 0.29) is 48.3 Å². The first-order valence-electron chi connectivity index (χ1n) is 0.783. The molecular weight excluding hydrogens is 170 g/mol. The molecule has 0 aromatic rings. The van der Waals surface area contributed by atoms with E-state index in [2.05, 4.69) is 0 Å². The first kappa shape index (κ1) is 15.9. The second-order valence-electron chi connectivity index (χ2n) is 0.513. The van der Waals surface area contributed by atoms with Crippen molar-refractivity contribution in [3.05, 3.63) is 0 Å². The molecule has 0 aliphatic carbocycles. The van der Waals surface area contributed by atoms with Crippen LogP contribution in [0.5, 0.6) is 0 Å². The quantitative estimate of drug-likeness (QED) is 0.260. The summed E-state index contributed by atoms with van der Waals surface area (Å²) in [6, 6.07) is 0. The Kier molecular flexibility index (Phi) is 13.1. The molecule has 0 fully saturated rings. The normalized spacial score (nSPS) is 8.43. The third-order valence-electron chi connectivity index (χ3n) is 0. The molecule has 0 heterocycles. The molecule has 4 nitrogen and oxygen atoms in total. The van der Waals surface area contributed by atoms with Gasteiger partial charge in [-0.2, -0.15) is 0 Å². The molecular formula is H4CrNaO4P. The van der Waals surface area contributed by atoms with Crippen LogP contribution in [0, 0.1) is 0 Å². The zero-order chi connectivity index (χ0) is 4.50. The maximum atomic E-state index is 8.88. The molecule has 0 spiro atoms. The van der Waals surface area contributed by atoms with Crippen LogP contribution >= 0.6 is 7.82 Å². The first-order chi connectivity index (χ1) is 2.00. The van der Waals surface area contributed by atoms with Gasteiger partial charge in [-0.1, -0.05) is 0 Å². The Morgan fingerprint density at radius 1 is 1.29 bits per heavy atom. The Morgan fingerprint density at radius 3 is 1.29 bits per heavy atom. The van der Waals surface area contributed by atoms with Crippen molar-refractivity contribution in [2.24, 2.45) is 0 Å². The van der Waals surface area contributed by atoms with Crippen molar-refractivity contribution in [1.82, 2.24) is 0 Å². The van der Waals surface area contributed by atoms with Crippen LogP contribution in [0.4, 0.5) is 0 Å². The van der Waals surface area contributed by atoms with Gasteiger partial charge >= 0.3 is 37.4 Å². The predicted octanol–water partition coefficient (Wildman–Crippen LogP) is -3.81. The van der Waals surface area contributed by atoms with E-state index in [1.54, 1.807) is 0 Å². The Hall–Kier alpha value is 1.64. The van der Waals surface area contributed by atoms with Crippen molar-refractivity contribution in [3.8, 4) is 0 Å². The summed E-state index contributed by atoms with van der Waals surface area (Å²) < 4.78 is 8.88. The van der Waals surface area contributed by atoms with Gasteiger partial charge in [-0.05, 0) is 0 Å². The molecule has 0 bridgehead atoms. The summed E-state index contributed by atoms with van der Waals surface area (Å²) in [5.74, 6) is 0. The van der Waals surface area contributed by atoms with Crippen molar-refractivity contribution in [3.63, 3.8) is 0 Å². The van der Waals surface area contributed by atoms with Crippen molar-refractivity contribution < 1.29 is 67.6 Å². The molecule has 0 aliphatic heterocycles. The van der Waals surface area contributed by atoms with Crippen molar-refractivity contribution in [2.45, 2.75) is 0 Å². The first-order valence-corrected chi connectivity index (χ1v) is 2.35. The Labute approximate surface area is 75.1 Å². The molecule has 0 amide bonds. The van der Waals surface area contributed by atoms with Crippen molar-refractivity contribution in [1.29, 1.82) is 0 Å². The average Bonchev–Trinajstić information content (AvgIpc) is 0.722. The molecule has 7 heteroatoms. The Balaban J connectivity index is -0.0000000267. The van der Waals surface area contributed by atoms with Gasteiger partial charge in [0, 0.05) is 17.4 Å². The smallest absolute Gasteiger partial charge is 1.00 e. The molecule has 0 atom stereocenters. The summed E-state index contributed by atoms with van der Waals surface area (Å²) in [6.07, 6.45) is 0. The molecule has 0 radical (unpaired) electrons. The number of phosphoric acid groups is 1. The Morgan fingerprint density at radius 2 is 1.29 bits per heavy atom. The minimum atomic E-state index is -4.64. The molecule has 0 unspecified atom stereocenters. The van der Waals surface area contributed by atoms with Crippen LogP contribution in [0.1, 0.15) is 1.43 Å². The van der Waals surface area contributed by atoms with E-state index in [0.717, 1.165) is 0 Å². The summed E-state index contributed by atoms with van der Waals surface area (Å²) in [5.41, 5.74) is 0. The minimum absolute atomic E-state index is 0. The third-order valence-corrected chi connectivity index (χ3v) is 0. The summed E-state index contributed by atoms with van der Waals surface area (Å²) >= 11 is 0. The van der Waals surface area contributed by atoms with Crippen LogP contribution in [0.3, 0.4) is 0 Å². The van der Waals surface area contributed by atoms with Gasteiger partial charge in [0.15, 0.2) is 0 Å². The van der Waals surface area contributed by atoms with Crippen molar-refractivity contribution in [2.75, 3.05) is 0 Å². The molecule has 40 valence electrons. The monoisotopic (exact) mass is 174 g/mol. The van der Waals surface area contributed by atoms with E-state index < -0.39 is 7.82 Å². The van der Waals surface area contributed by atoms with E-state index in [0.29, 0.717) is 0 Å². The van der Waals surface area contributed by atoms with Gasteiger partial charge in [0.1, 0.15) is 0 Å². The predicted molar refractivity (Wildman–Crippen MR) is 15.4 cm³/mol. The van der Waals surface area contributed by atoms with E-state index in [1.165, 1.54) is 0 Å².